The van der Waals surface area contributed by atoms with Gasteiger partial charge in [0.1, 0.15) is 0 Å². The molecule has 2 heteroatoms. The summed E-state index contributed by atoms with van der Waals surface area (Å²) in [5.74, 6) is 0.878. The van der Waals surface area contributed by atoms with Crippen molar-refractivity contribution in [1.29, 1.82) is 0 Å². The van der Waals surface area contributed by atoms with Gasteiger partial charge in [-0.05, 0) is 42.7 Å². The monoisotopic (exact) mass is 238 g/mol. The van der Waals surface area contributed by atoms with Gasteiger partial charge in [-0.25, -0.2) is 0 Å². The summed E-state index contributed by atoms with van der Waals surface area (Å²) in [4.78, 5) is 1.18. The lowest BCUT2D eigenvalue weighted by Gasteiger charge is -2.22. The van der Waals surface area contributed by atoms with Crippen LogP contribution in [0.3, 0.4) is 0 Å². The van der Waals surface area contributed by atoms with Gasteiger partial charge in [-0.2, -0.15) is 0 Å². The van der Waals surface area contributed by atoms with E-state index in [9.17, 15) is 5.11 Å². The van der Waals surface area contributed by atoms with Gasteiger partial charge in [-0.15, -0.1) is 11.3 Å². The average molecular weight is 238 g/mol. The van der Waals surface area contributed by atoms with Crippen molar-refractivity contribution in [1.82, 2.24) is 0 Å². The van der Waals surface area contributed by atoms with Crippen LogP contribution in [-0.2, 0) is 0 Å². The molecule has 2 rings (SSSR count). The molecular formula is C14H22OS. The number of aliphatic hydroxyl groups is 1. The third kappa shape index (κ3) is 3.08. The molecule has 1 fully saturated rings. The quantitative estimate of drug-likeness (QED) is 0.821. The molecule has 1 unspecified atom stereocenters. The van der Waals surface area contributed by atoms with Crippen molar-refractivity contribution < 1.29 is 5.11 Å². The Morgan fingerprint density at radius 1 is 1.38 bits per heavy atom. The molecule has 0 saturated heterocycles. The first-order valence-corrected chi connectivity index (χ1v) is 7.37. The fourth-order valence-corrected chi connectivity index (χ4v) is 3.67. The Hall–Kier alpha value is -0.340. The fourth-order valence-electron chi connectivity index (χ4n) is 2.73. The van der Waals surface area contributed by atoms with Gasteiger partial charge in [-0.3, -0.25) is 0 Å². The van der Waals surface area contributed by atoms with Crippen molar-refractivity contribution in [3.05, 3.63) is 21.9 Å². The van der Waals surface area contributed by atoms with Crippen molar-refractivity contribution in [2.24, 2.45) is 5.92 Å². The molecule has 1 aromatic heterocycles. The van der Waals surface area contributed by atoms with E-state index in [1.54, 1.807) is 11.3 Å². The molecule has 1 aliphatic carbocycles. The molecule has 0 spiro atoms. The van der Waals surface area contributed by atoms with Crippen LogP contribution in [0.2, 0.25) is 0 Å². The second-order valence-electron chi connectivity index (χ2n) is 5.07. The standard InChI is InChI=1S/C14H22OS/c1-11-9-10-16-14(11)13(15)8-7-12-5-3-2-4-6-12/h9-10,12-13,15H,2-8H2,1H3. The Morgan fingerprint density at radius 3 is 2.75 bits per heavy atom. The van der Waals surface area contributed by atoms with E-state index in [0.717, 1.165) is 12.3 Å². The lowest BCUT2D eigenvalue weighted by atomic mass is 9.85. The molecule has 1 aromatic rings. The minimum atomic E-state index is -0.220. The zero-order chi connectivity index (χ0) is 11.4. The van der Waals surface area contributed by atoms with Crippen LogP contribution in [0.4, 0.5) is 0 Å². The molecular weight excluding hydrogens is 216 g/mol. The summed E-state index contributed by atoms with van der Waals surface area (Å²) in [6.45, 7) is 2.09. The summed E-state index contributed by atoms with van der Waals surface area (Å²) >= 11 is 1.69. The summed E-state index contributed by atoms with van der Waals surface area (Å²) in [6, 6.07) is 2.10. The molecule has 1 saturated carbocycles. The van der Waals surface area contributed by atoms with Crippen molar-refractivity contribution >= 4 is 11.3 Å². The highest BCUT2D eigenvalue weighted by Gasteiger charge is 2.17. The topological polar surface area (TPSA) is 20.2 Å². The average Bonchev–Trinajstić information content (AvgIpc) is 2.74. The van der Waals surface area contributed by atoms with Crippen LogP contribution in [0.15, 0.2) is 11.4 Å². The fraction of sp³-hybridized carbons (Fsp3) is 0.714. The normalized spacial score (nSPS) is 19.9. The molecule has 1 atom stereocenters. The van der Waals surface area contributed by atoms with Gasteiger partial charge in [0.05, 0.1) is 6.10 Å². The van der Waals surface area contributed by atoms with Gasteiger partial charge in [0, 0.05) is 4.88 Å². The lowest BCUT2D eigenvalue weighted by molar-refractivity contribution is 0.154. The lowest BCUT2D eigenvalue weighted by Crippen LogP contribution is -2.08. The summed E-state index contributed by atoms with van der Waals surface area (Å²) < 4.78 is 0. The SMILES string of the molecule is Cc1ccsc1C(O)CCC1CCCCC1. The number of hydrogen-bond donors (Lipinski definition) is 1. The summed E-state index contributed by atoms with van der Waals surface area (Å²) in [5, 5.41) is 12.2. The van der Waals surface area contributed by atoms with Crippen molar-refractivity contribution in [3.8, 4) is 0 Å². The van der Waals surface area contributed by atoms with Gasteiger partial charge < -0.3 is 5.11 Å². The minimum Gasteiger partial charge on any atom is -0.388 e. The number of aryl methyl sites for hydroxylation is 1. The van der Waals surface area contributed by atoms with E-state index in [0.29, 0.717) is 0 Å². The second kappa shape index (κ2) is 5.83. The van der Waals surface area contributed by atoms with Crippen LogP contribution in [0, 0.1) is 12.8 Å². The van der Waals surface area contributed by atoms with Crippen LogP contribution in [-0.4, -0.2) is 5.11 Å². The first-order chi connectivity index (χ1) is 7.77. The van der Waals surface area contributed by atoms with E-state index in [-0.39, 0.29) is 6.10 Å². The third-order valence-corrected chi connectivity index (χ3v) is 4.90. The van der Waals surface area contributed by atoms with Crippen LogP contribution >= 0.6 is 11.3 Å². The second-order valence-corrected chi connectivity index (χ2v) is 6.01. The zero-order valence-corrected chi connectivity index (χ0v) is 10.9. The molecule has 0 bridgehead atoms. The maximum atomic E-state index is 10.1. The Bertz CT molecular complexity index is 312. The van der Waals surface area contributed by atoms with E-state index in [4.69, 9.17) is 0 Å². The Morgan fingerprint density at radius 2 is 2.12 bits per heavy atom. The van der Waals surface area contributed by atoms with E-state index in [1.807, 2.05) is 0 Å². The predicted octanol–water partition coefficient (Wildman–Crippen LogP) is 4.45. The van der Waals surface area contributed by atoms with Crippen molar-refractivity contribution in [2.45, 2.75) is 58.0 Å². The molecule has 16 heavy (non-hydrogen) atoms. The number of aliphatic hydroxyl groups excluding tert-OH is 1. The van der Waals surface area contributed by atoms with Crippen LogP contribution in [0.5, 0.6) is 0 Å². The first-order valence-electron chi connectivity index (χ1n) is 6.49. The third-order valence-electron chi connectivity index (χ3n) is 3.78. The highest BCUT2D eigenvalue weighted by Crippen LogP contribution is 2.32. The summed E-state index contributed by atoms with van der Waals surface area (Å²) in [6.07, 6.45) is 8.93. The Balaban J connectivity index is 1.79. The smallest absolute Gasteiger partial charge is 0.0884 e. The van der Waals surface area contributed by atoms with Crippen LogP contribution in [0.25, 0.3) is 0 Å². The van der Waals surface area contributed by atoms with Gasteiger partial charge in [0.2, 0.25) is 0 Å². The maximum absolute atomic E-state index is 10.1. The molecule has 1 N–H and O–H groups in total. The van der Waals surface area contributed by atoms with Crippen LogP contribution in [0.1, 0.15) is 61.5 Å². The van der Waals surface area contributed by atoms with Gasteiger partial charge in [0.15, 0.2) is 0 Å². The number of rotatable bonds is 4. The molecule has 90 valence electrons. The summed E-state index contributed by atoms with van der Waals surface area (Å²) in [5.41, 5.74) is 1.25. The molecule has 0 amide bonds. The first kappa shape index (κ1) is 12.1. The summed E-state index contributed by atoms with van der Waals surface area (Å²) in [7, 11) is 0. The molecule has 0 aliphatic heterocycles. The van der Waals surface area contributed by atoms with Crippen LogP contribution < -0.4 is 0 Å². The highest BCUT2D eigenvalue weighted by atomic mass is 32.1. The van der Waals surface area contributed by atoms with E-state index in [1.165, 1.54) is 49.0 Å². The molecule has 1 nitrogen and oxygen atoms in total. The Kier molecular flexibility index (Phi) is 4.42. The number of hydrogen-bond acceptors (Lipinski definition) is 2. The van der Waals surface area contributed by atoms with E-state index < -0.39 is 0 Å². The van der Waals surface area contributed by atoms with Gasteiger partial charge in [-0.1, -0.05) is 32.1 Å². The Labute approximate surface area is 103 Å². The van der Waals surface area contributed by atoms with Gasteiger partial charge >= 0.3 is 0 Å². The molecule has 0 radical (unpaired) electrons. The van der Waals surface area contributed by atoms with E-state index in [2.05, 4.69) is 18.4 Å². The van der Waals surface area contributed by atoms with Gasteiger partial charge in [0.25, 0.3) is 0 Å². The highest BCUT2D eigenvalue weighted by molar-refractivity contribution is 7.10. The molecule has 1 heterocycles. The zero-order valence-electron chi connectivity index (χ0n) is 10.1. The van der Waals surface area contributed by atoms with Crippen molar-refractivity contribution in [2.75, 3.05) is 0 Å². The van der Waals surface area contributed by atoms with Crippen molar-refractivity contribution in [3.63, 3.8) is 0 Å². The van der Waals surface area contributed by atoms with E-state index >= 15 is 0 Å². The minimum absolute atomic E-state index is 0.220. The molecule has 0 aromatic carbocycles. The molecule has 1 aliphatic rings. The largest absolute Gasteiger partial charge is 0.388 e. The number of thiophene rings is 1. The maximum Gasteiger partial charge on any atom is 0.0884 e. The predicted molar refractivity (Wildman–Crippen MR) is 69.8 cm³/mol.